The summed E-state index contributed by atoms with van der Waals surface area (Å²) >= 11 is 0. The maximum atomic E-state index is 12.4. The van der Waals surface area contributed by atoms with Gasteiger partial charge >= 0.3 is 0 Å². The van der Waals surface area contributed by atoms with E-state index in [1.165, 1.54) is 0 Å². The number of carbonyl (C=O) groups excluding carboxylic acids is 1. The van der Waals surface area contributed by atoms with Crippen molar-refractivity contribution in [3.8, 4) is 11.5 Å². The molecule has 0 saturated carbocycles. The molecule has 0 aliphatic carbocycles. The van der Waals surface area contributed by atoms with Crippen molar-refractivity contribution < 1.29 is 9.32 Å². The predicted octanol–water partition coefficient (Wildman–Crippen LogP) is 1.81. The molecule has 2 heterocycles. The molecule has 1 fully saturated rings. The number of nitrogens with one attached hydrogen (secondary N) is 2. The molecule has 2 aromatic rings. The first-order chi connectivity index (χ1) is 10.6. The van der Waals surface area contributed by atoms with Crippen molar-refractivity contribution in [2.75, 3.05) is 19.6 Å². The van der Waals surface area contributed by atoms with E-state index in [4.69, 9.17) is 4.52 Å². The molecule has 1 aromatic carbocycles. The number of aromatic nitrogens is 2. The number of amides is 1. The molecule has 1 saturated heterocycles. The highest BCUT2D eigenvalue weighted by Gasteiger charge is 2.21. The summed E-state index contributed by atoms with van der Waals surface area (Å²) < 4.78 is 5.31. The van der Waals surface area contributed by atoms with Gasteiger partial charge in [-0.25, -0.2) is 0 Å². The summed E-state index contributed by atoms with van der Waals surface area (Å²) in [6, 6.07) is 7.31. The first-order valence-electron chi connectivity index (χ1n) is 7.57. The Morgan fingerprint density at radius 3 is 2.82 bits per heavy atom. The summed E-state index contributed by atoms with van der Waals surface area (Å²) in [5, 5.41) is 10.1. The van der Waals surface area contributed by atoms with Crippen molar-refractivity contribution in [2.45, 2.75) is 19.8 Å². The van der Waals surface area contributed by atoms with Crippen LogP contribution in [0.5, 0.6) is 0 Å². The van der Waals surface area contributed by atoms with Gasteiger partial charge in [-0.15, -0.1) is 0 Å². The van der Waals surface area contributed by atoms with Crippen LogP contribution in [0.3, 0.4) is 0 Å². The predicted molar refractivity (Wildman–Crippen MR) is 82.5 cm³/mol. The topological polar surface area (TPSA) is 80.0 Å². The Hall–Kier alpha value is -2.21. The Balaban J connectivity index is 1.80. The highest BCUT2D eigenvalue weighted by Crippen LogP contribution is 2.23. The molecule has 0 spiro atoms. The SMILES string of the molecule is CC(C)c1noc(-c2ccccc2C(=O)NCC2CNC2)n1. The minimum Gasteiger partial charge on any atom is -0.352 e. The van der Waals surface area contributed by atoms with E-state index in [0.29, 0.717) is 35.3 Å². The molecule has 0 bridgehead atoms. The Kier molecular flexibility index (Phi) is 4.20. The van der Waals surface area contributed by atoms with Gasteiger partial charge in [0.25, 0.3) is 11.8 Å². The lowest BCUT2D eigenvalue weighted by Gasteiger charge is -2.27. The van der Waals surface area contributed by atoms with Gasteiger partial charge in [0.1, 0.15) is 0 Å². The van der Waals surface area contributed by atoms with Crippen LogP contribution < -0.4 is 10.6 Å². The van der Waals surface area contributed by atoms with Crippen LogP contribution in [0.25, 0.3) is 11.5 Å². The van der Waals surface area contributed by atoms with Crippen LogP contribution in [0, 0.1) is 5.92 Å². The van der Waals surface area contributed by atoms with Gasteiger partial charge in [-0.2, -0.15) is 4.98 Å². The van der Waals surface area contributed by atoms with Gasteiger partial charge in [0.05, 0.1) is 11.1 Å². The second kappa shape index (κ2) is 6.27. The van der Waals surface area contributed by atoms with Gasteiger partial charge in [0, 0.05) is 31.5 Å². The lowest BCUT2D eigenvalue weighted by Crippen LogP contribution is -2.48. The maximum Gasteiger partial charge on any atom is 0.258 e. The van der Waals surface area contributed by atoms with E-state index in [-0.39, 0.29) is 11.8 Å². The van der Waals surface area contributed by atoms with Gasteiger partial charge in [-0.05, 0) is 12.1 Å². The van der Waals surface area contributed by atoms with E-state index in [0.717, 1.165) is 13.1 Å². The minimum absolute atomic E-state index is 0.105. The molecule has 116 valence electrons. The van der Waals surface area contributed by atoms with Crippen molar-refractivity contribution in [1.82, 2.24) is 20.8 Å². The molecule has 6 heteroatoms. The van der Waals surface area contributed by atoms with E-state index >= 15 is 0 Å². The van der Waals surface area contributed by atoms with Gasteiger partial charge < -0.3 is 15.2 Å². The van der Waals surface area contributed by atoms with Crippen molar-refractivity contribution >= 4 is 5.91 Å². The molecular weight excluding hydrogens is 280 g/mol. The molecular formula is C16H20N4O2. The van der Waals surface area contributed by atoms with Crippen LogP contribution in [-0.2, 0) is 0 Å². The lowest BCUT2D eigenvalue weighted by molar-refractivity contribution is 0.0942. The Morgan fingerprint density at radius 1 is 1.41 bits per heavy atom. The maximum absolute atomic E-state index is 12.4. The molecule has 0 radical (unpaired) electrons. The number of rotatable bonds is 5. The van der Waals surface area contributed by atoms with Crippen LogP contribution >= 0.6 is 0 Å². The fourth-order valence-electron chi connectivity index (χ4n) is 2.27. The second-order valence-electron chi connectivity index (χ2n) is 5.89. The number of benzene rings is 1. The molecule has 22 heavy (non-hydrogen) atoms. The van der Waals surface area contributed by atoms with E-state index in [1.807, 2.05) is 32.0 Å². The molecule has 0 atom stereocenters. The zero-order valence-electron chi connectivity index (χ0n) is 12.8. The minimum atomic E-state index is -0.105. The first kappa shape index (κ1) is 14.7. The van der Waals surface area contributed by atoms with Crippen LogP contribution in [0.4, 0.5) is 0 Å². The highest BCUT2D eigenvalue weighted by molar-refractivity contribution is 5.99. The van der Waals surface area contributed by atoms with Gasteiger partial charge in [0.15, 0.2) is 5.82 Å². The molecule has 2 N–H and O–H groups in total. The van der Waals surface area contributed by atoms with E-state index in [1.54, 1.807) is 6.07 Å². The quantitative estimate of drug-likeness (QED) is 0.880. The third-order valence-corrected chi connectivity index (χ3v) is 3.78. The summed E-state index contributed by atoms with van der Waals surface area (Å²) in [4.78, 5) is 16.8. The van der Waals surface area contributed by atoms with Crippen LogP contribution in [0.1, 0.15) is 35.9 Å². The number of carbonyl (C=O) groups is 1. The summed E-state index contributed by atoms with van der Waals surface area (Å²) in [6.07, 6.45) is 0. The number of hydrogen-bond donors (Lipinski definition) is 2. The Bertz CT molecular complexity index is 662. The Morgan fingerprint density at radius 2 is 2.18 bits per heavy atom. The van der Waals surface area contributed by atoms with Crippen molar-refractivity contribution in [3.05, 3.63) is 35.7 Å². The number of hydrogen-bond acceptors (Lipinski definition) is 5. The smallest absolute Gasteiger partial charge is 0.258 e. The second-order valence-corrected chi connectivity index (χ2v) is 5.89. The van der Waals surface area contributed by atoms with Gasteiger partial charge in [-0.1, -0.05) is 31.1 Å². The van der Waals surface area contributed by atoms with Crippen LogP contribution in [-0.4, -0.2) is 35.7 Å². The van der Waals surface area contributed by atoms with E-state index in [2.05, 4.69) is 20.8 Å². The van der Waals surface area contributed by atoms with Crippen molar-refractivity contribution in [2.24, 2.45) is 5.92 Å². The summed E-state index contributed by atoms with van der Waals surface area (Å²) in [6.45, 7) is 6.60. The first-order valence-corrected chi connectivity index (χ1v) is 7.57. The molecule has 0 unspecified atom stereocenters. The zero-order chi connectivity index (χ0) is 15.5. The average molecular weight is 300 g/mol. The van der Waals surface area contributed by atoms with E-state index in [9.17, 15) is 4.79 Å². The molecule has 3 rings (SSSR count). The van der Waals surface area contributed by atoms with Crippen molar-refractivity contribution in [1.29, 1.82) is 0 Å². The van der Waals surface area contributed by atoms with Crippen LogP contribution in [0.15, 0.2) is 28.8 Å². The molecule has 1 aromatic heterocycles. The standard InChI is InChI=1S/C16H20N4O2/c1-10(2)14-19-16(22-20-14)13-6-4-3-5-12(13)15(21)18-9-11-7-17-8-11/h3-6,10-11,17H,7-9H2,1-2H3,(H,18,21). The molecule has 1 amide bonds. The number of nitrogens with zero attached hydrogens (tertiary/aromatic N) is 2. The summed E-state index contributed by atoms with van der Waals surface area (Å²) in [5.41, 5.74) is 1.24. The summed E-state index contributed by atoms with van der Waals surface area (Å²) in [5.74, 6) is 1.63. The Labute approximate surface area is 129 Å². The molecule has 6 nitrogen and oxygen atoms in total. The normalized spacial score (nSPS) is 14.9. The monoisotopic (exact) mass is 300 g/mol. The average Bonchev–Trinajstić information content (AvgIpc) is 2.95. The third-order valence-electron chi connectivity index (χ3n) is 3.78. The molecule has 1 aliphatic heterocycles. The summed E-state index contributed by atoms with van der Waals surface area (Å²) in [7, 11) is 0. The third kappa shape index (κ3) is 3.01. The van der Waals surface area contributed by atoms with E-state index < -0.39 is 0 Å². The fourth-order valence-corrected chi connectivity index (χ4v) is 2.27. The lowest BCUT2D eigenvalue weighted by atomic mass is 10.0. The zero-order valence-corrected chi connectivity index (χ0v) is 12.8. The van der Waals surface area contributed by atoms with Gasteiger partial charge in [-0.3, -0.25) is 4.79 Å². The highest BCUT2D eigenvalue weighted by atomic mass is 16.5. The van der Waals surface area contributed by atoms with Gasteiger partial charge in [0.2, 0.25) is 0 Å². The van der Waals surface area contributed by atoms with Crippen LogP contribution in [0.2, 0.25) is 0 Å². The fraction of sp³-hybridized carbons (Fsp3) is 0.438. The molecule has 1 aliphatic rings. The largest absolute Gasteiger partial charge is 0.352 e. The van der Waals surface area contributed by atoms with Crippen molar-refractivity contribution in [3.63, 3.8) is 0 Å².